The van der Waals surface area contributed by atoms with E-state index < -0.39 is 0 Å². The number of ether oxygens (including phenoxy) is 1. The maximum atomic E-state index is 5.64. The Morgan fingerprint density at radius 3 is 2.94 bits per heavy atom. The van der Waals surface area contributed by atoms with Crippen LogP contribution in [0.15, 0.2) is 5.38 Å². The van der Waals surface area contributed by atoms with E-state index in [1.807, 2.05) is 0 Å². The van der Waals surface area contributed by atoms with Crippen molar-refractivity contribution in [2.24, 2.45) is 0 Å². The summed E-state index contributed by atoms with van der Waals surface area (Å²) in [6, 6.07) is 0.496. The van der Waals surface area contributed by atoms with E-state index in [4.69, 9.17) is 9.72 Å². The minimum absolute atomic E-state index is 0.342. The predicted molar refractivity (Wildman–Crippen MR) is 71.5 cm³/mol. The number of rotatable bonds is 3. The Morgan fingerprint density at radius 2 is 2.29 bits per heavy atom. The van der Waals surface area contributed by atoms with Gasteiger partial charge in [-0.25, -0.2) is 4.98 Å². The Balaban J connectivity index is 1.98. The lowest BCUT2D eigenvalue weighted by Crippen LogP contribution is -2.46. The van der Waals surface area contributed by atoms with E-state index in [0.29, 0.717) is 18.1 Å². The molecule has 0 N–H and O–H groups in total. The van der Waals surface area contributed by atoms with Crippen LogP contribution in [-0.4, -0.2) is 35.2 Å². The van der Waals surface area contributed by atoms with Crippen molar-refractivity contribution in [3.05, 3.63) is 16.1 Å². The van der Waals surface area contributed by atoms with Crippen LogP contribution in [0.3, 0.4) is 0 Å². The van der Waals surface area contributed by atoms with Gasteiger partial charge in [-0.3, -0.25) is 4.90 Å². The molecule has 0 aromatic carbocycles. The predicted octanol–water partition coefficient (Wildman–Crippen LogP) is 2.88. The summed E-state index contributed by atoms with van der Waals surface area (Å²) in [6.07, 6.45) is 0.342. The van der Waals surface area contributed by atoms with Gasteiger partial charge >= 0.3 is 0 Å². The normalized spacial score (nSPS) is 26.6. The van der Waals surface area contributed by atoms with Crippen molar-refractivity contribution in [2.45, 2.75) is 52.3 Å². The third-order valence-corrected chi connectivity index (χ3v) is 4.36. The highest BCUT2D eigenvalue weighted by atomic mass is 32.1. The zero-order valence-corrected chi connectivity index (χ0v) is 12.0. The lowest BCUT2D eigenvalue weighted by atomic mass is 10.2. The zero-order chi connectivity index (χ0) is 12.4. The van der Waals surface area contributed by atoms with Gasteiger partial charge in [-0.05, 0) is 13.8 Å². The van der Waals surface area contributed by atoms with Gasteiger partial charge in [-0.2, -0.15) is 0 Å². The molecule has 2 atom stereocenters. The third kappa shape index (κ3) is 3.27. The minimum atomic E-state index is 0.342. The molecule has 3 nitrogen and oxygen atoms in total. The van der Waals surface area contributed by atoms with Gasteiger partial charge in [0.1, 0.15) is 0 Å². The number of thiazole rings is 1. The molecular formula is C13H22N2OS. The summed E-state index contributed by atoms with van der Waals surface area (Å²) < 4.78 is 5.64. The summed E-state index contributed by atoms with van der Waals surface area (Å²) in [5.74, 6) is 0.537. The van der Waals surface area contributed by atoms with E-state index in [0.717, 1.165) is 19.7 Å². The van der Waals surface area contributed by atoms with Crippen LogP contribution < -0.4 is 0 Å². The van der Waals surface area contributed by atoms with Crippen LogP contribution in [0.25, 0.3) is 0 Å². The monoisotopic (exact) mass is 254 g/mol. The standard InChI is InChI=1S/C13H22N2OS/c1-9(2)13-14-12(8-17-13)6-15-5-11(4)16-7-10(15)3/h8-11H,5-7H2,1-4H3/t10-,11+/m1/s1. The second kappa shape index (κ2) is 5.46. The quantitative estimate of drug-likeness (QED) is 0.829. The Kier molecular flexibility index (Phi) is 4.17. The average Bonchev–Trinajstić information content (AvgIpc) is 2.72. The highest BCUT2D eigenvalue weighted by Crippen LogP contribution is 2.21. The van der Waals surface area contributed by atoms with Crippen LogP contribution in [0.1, 0.15) is 44.3 Å². The number of aromatic nitrogens is 1. The zero-order valence-electron chi connectivity index (χ0n) is 11.1. The van der Waals surface area contributed by atoms with E-state index in [9.17, 15) is 0 Å². The van der Waals surface area contributed by atoms with Gasteiger partial charge in [-0.1, -0.05) is 13.8 Å². The highest BCUT2D eigenvalue weighted by Gasteiger charge is 2.24. The summed E-state index contributed by atoms with van der Waals surface area (Å²) in [5, 5.41) is 3.44. The second-order valence-electron chi connectivity index (χ2n) is 5.25. The van der Waals surface area contributed by atoms with Crippen molar-refractivity contribution in [3.63, 3.8) is 0 Å². The largest absolute Gasteiger partial charge is 0.376 e. The van der Waals surface area contributed by atoms with Crippen molar-refractivity contribution in [3.8, 4) is 0 Å². The van der Waals surface area contributed by atoms with E-state index in [2.05, 4.69) is 38.0 Å². The molecule has 1 aliphatic rings. The first-order chi connectivity index (χ1) is 8.06. The molecule has 0 saturated carbocycles. The van der Waals surface area contributed by atoms with Crippen LogP contribution in [0, 0.1) is 0 Å². The molecule has 0 amide bonds. The van der Waals surface area contributed by atoms with Gasteiger partial charge in [0.05, 0.1) is 23.4 Å². The van der Waals surface area contributed by atoms with Crippen molar-refractivity contribution in [1.82, 2.24) is 9.88 Å². The van der Waals surface area contributed by atoms with E-state index >= 15 is 0 Å². The molecule has 0 unspecified atom stereocenters. The molecule has 1 fully saturated rings. The summed E-state index contributed by atoms with van der Waals surface area (Å²) in [4.78, 5) is 7.16. The Hall–Kier alpha value is -0.450. The topological polar surface area (TPSA) is 25.4 Å². The molecular weight excluding hydrogens is 232 g/mol. The molecule has 0 radical (unpaired) electrons. The molecule has 2 heterocycles. The van der Waals surface area contributed by atoms with Gasteiger partial charge in [0.2, 0.25) is 0 Å². The lowest BCUT2D eigenvalue weighted by molar-refractivity contribution is -0.0530. The Morgan fingerprint density at radius 1 is 1.53 bits per heavy atom. The molecule has 0 bridgehead atoms. The van der Waals surface area contributed by atoms with Gasteiger partial charge in [0.25, 0.3) is 0 Å². The van der Waals surface area contributed by atoms with Gasteiger partial charge in [0.15, 0.2) is 0 Å². The summed E-state index contributed by atoms with van der Waals surface area (Å²) in [7, 11) is 0. The van der Waals surface area contributed by atoms with Gasteiger partial charge in [-0.15, -0.1) is 11.3 Å². The van der Waals surface area contributed by atoms with Crippen molar-refractivity contribution < 1.29 is 4.74 Å². The Labute approximate surface area is 108 Å². The molecule has 2 rings (SSSR count). The first-order valence-corrected chi connectivity index (χ1v) is 7.24. The lowest BCUT2D eigenvalue weighted by Gasteiger charge is -2.36. The number of hydrogen-bond acceptors (Lipinski definition) is 4. The average molecular weight is 254 g/mol. The van der Waals surface area contributed by atoms with Gasteiger partial charge < -0.3 is 4.74 Å². The summed E-state index contributed by atoms with van der Waals surface area (Å²) in [5.41, 5.74) is 1.21. The number of nitrogens with zero attached hydrogens (tertiary/aromatic N) is 2. The maximum Gasteiger partial charge on any atom is 0.0954 e. The SMILES string of the molecule is CC(C)c1nc(CN2C[C@H](C)OC[C@H]2C)cs1. The molecule has 17 heavy (non-hydrogen) atoms. The Bertz CT molecular complexity index is 364. The number of morpholine rings is 1. The van der Waals surface area contributed by atoms with E-state index in [-0.39, 0.29) is 0 Å². The summed E-state index contributed by atoms with van der Waals surface area (Å²) >= 11 is 1.78. The van der Waals surface area contributed by atoms with E-state index in [1.165, 1.54) is 10.7 Å². The molecule has 1 aromatic heterocycles. The van der Waals surface area contributed by atoms with Crippen LogP contribution in [0.4, 0.5) is 0 Å². The first kappa shape index (κ1) is 13.0. The van der Waals surface area contributed by atoms with Crippen LogP contribution in [-0.2, 0) is 11.3 Å². The summed E-state index contributed by atoms with van der Waals surface area (Å²) in [6.45, 7) is 11.6. The fraction of sp³-hybridized carbons (Fsp3) is 0.769. The molecule has 4 heteroatoms. The first-order valence-electron chi connectivity index (χ1n) is 6.36. The molecule has 1 saturated heterocycles. The molecule has 0 spiro atoms. The smallest absolute Gasteiger partial charge is 0.0954 e. The maximum absolute atomic E-state index is 5.64. The van der Waals surface area contributed by atoms with Crippen molar-refractivity contribution in [2.75, 3.05) is 13.2 Å². The molecule has 0 aliphatic carbocycles. The fourth-order valence-electron chi connectivity index (χ4n) is 2.06. The fourth-order valence-corrected chi connectivity index (χ4v) is 2.89. The van der Waals surface area contributed by atoms with Crippen LogP contribution in [0.2, 0.25) is 0 Å². The van der Waals surface area contributed by atoms with E-state index in [1.54, 1.807) is 11.3 Å². The van der Waals surface area contributed by atoms with Crippen LogP contribution in [0.5, 0.6) is 0 Å². The second-order valence-corrected chi connectivity index (χ2v) is 6.14. The van der Waals surface area contributed by atoms with Crippen molar-refractivity contribution >= 4 is 11.3 Å². The number of hydrogen-bond donors (Lipinski definition) is 0. The molecule has 1 aromatic rings. The molecule has 96 valence electrons. The third-order valence-electron chi connectivity index (χ3n) is 3.17. The van der Waals surface area contributed by atoms with Crippen molar-refractivity contribution in [1.29, 1.82) is 0 Å². The van der Waals surface area contributed by atoms with Crippen LogP contribution >= 0.6 is 11.3 Å². The molecule has 1 aliphatic heterocycles. The minimum Gasteiger partial charge on any atom is -0.376 e. The highest BCUT2D eigenvalue weighted by molar-refractivity contribution is 7.09. The van der Waals surface area contributed by atoms with Gasteiger partial charge in [0, 0.05) is 30.4 Å².